The summed E-state index contributed by atoms with van der Waals surface area (Å²) in [6.45, 7) is 6.74. The maximum atomic E-state index is 12.9. The lowest BCUT2D eigenvalue weighted by Crippen LogP contribution is -2.42. The van der Waals surface area contributed by atoms with Crippen LogP contribution < -0.4 is 9.84 Å². The van der Waals surface area contributed by atoms with Crippen molar-refractivity contribution < 1.29 is 41.2 Å². The van der Waals surface area contributed by atoms with Crippen LogP contribution in [-0.2, 0) is 37.7 Å². The van der Waals surface area contributed by atoms with E-state index in [1.807, 2.05) is 0 Å². The first-order valence-electron chi connectivity index (χ1n) is 11.1. The fourth-order valence-electron chi connectivity index (χ4n) is 3.74. The van der Waals surface area contributed by atoms with Gasteiger partial charge in [-0.3, -0.25) is 27.9 Å². The lowest BCUT2D eigenvalue weighted by Gasteiger charge is -2.28. The fourth-order valence-corrected chi connectivity index (χ4v) is 6.72. The number of nitrogens with zero attached hydrogens (tertiary/aromatic N) is 5. The van der Waals surface area contributed by atoms with Crippen LogP contribution in [0.25, 0.3) is 11.2 Å². The molecule has 2 N–H and O–H groups in total. The van der Waals surface area contributed by atoms with E-state index in [1.54, 1.807) is 20.8 Å². The van der Waals surface area contributed by atoms with Gasteiger partial charge < -0.3 is 9.84 Å². The Hall–Kier alpha value is -1.69. The van der Waals surface area contributed by atoms with Crippen molar-refractivity contribution in [2.75, 3.05) is 30.7 Å². The van der Waals surface area contributed by atoms with Gasteiger partial charge in [-0.15, -0.1) is 4.83 Å². The number of hydrogen-bond acceptors (Lipinski definition) is 14. The fraction of sp³-hybridized carbons (Fsp3) is 0.684. The number of carbonyl (C=O) groups is 1. The molecule has 15 nitrogen and oxygen atoms in total. The quantitative estimate of drug-likeness (QED) is 0.258. The first-order valence-corrected chi connectivity index (χ1v) is 15.4. The van der Waals surface area contributed by atoms with Crippen LogP contribution in [0.3, 0.4) is 0 Å². The topological polar surface area (TPSA) is 184 Å². The number of carbonyl (C=O) groups excluding carboxylic acids is 1. The Balaban J connectivity index is 1.47. The number of thioether (sulfide) groups is 1. The zero-order valence-corrected chi connectivity index (χ0v) is 23.5. The van der Waals surface area contributed by atoms with Crippen LogP contribution in [0, 0.1) is 5.41 Å². The summed E-state index contributed by atoms with van der Waals surface area (Å²) in [4.78, 5) is 26.8. The molecule has 2 fully saturated rings. The van der Waals surface area contributed by atoms with E-state index in [-0.39, 0.29) is 34.5 Å². The lowest BCUT2D eigenvalue weighted by atomic mass is 9.99. The predicted molar refractivity (Wildman–Crippen MR) is 133 cm³/mol. The van der Waals surface area contributed by atoms with Crippen molar-refractivity contribution in [1.29, 1.82) is 0 Å². The molecule has 0 aromatic carbocycles. The number of fused-ring (bicyclic) bond motifs is 2. The molecule has 4 heterocycles. The Bertz CT molecular complexity index is 1350. The van der Waals surface area contributed by atoms with Crippen LogP contribution in [0.1, 0.15) is 33.9 Å². The Morgan fingerprint density at radius 1 is 1.35 bits per heavy atom. The van der Waals surface area contributed by atoms with Crippen molar-refractivity contribution in [1.82, 2.24) is 24.4 Å². The highest BCUT2D eigenvalue weighted by molar-refractivity contribution is 8.13. The largest absolute Gasteiger partial charge is 0.477 e. The summed E-state index contributed by atoms with van der Waals surface area (Å²) in [6.07, 6.45) is 0.0469. The molecule has 18 heteroatoms. The maximum Gasteiger partial charge on any atom is 0.477 e. The molecule has 0 saturated carbocycles. The van der Waals surface area contributed by atoms with Gasteiger partial charge >= 0.3 is 7.82 Å². The summed E-state index contributed by atoms with van der Waals surface area (Å²) < 4.78 is 59.7. The number of ether oxygens (including phenoxy) is 1. The van der Waals surface area contributed by atoms with E-state index in [0.717, 1.165) is 18.0 Å². The normalized spacial score (nSPS) is 30.1. The molecule has 1 unspecified atom stereocenters. The van der Waals surface area contributed by atoms with Gasteiger partial charge in [0, 0.05) is 18.2 Å². The molecule has 0 amide bonds. The number of nitrogens with one attached hydrogen (secondary N) is 1. The number of phosphoric acid groups is 1. The van der Waals surface area contributed by atoms with E-state index < -0.39 is 47.5 Å². The minimum Gasteiger partial charge on any atom is -0.382 e. The molecule has 2 aliphatic rings. The van der Waals surface area contributed by atoms with Crippen molar-refractivity contribution in [3.63, 3.8) is 0 Å². The number of rotatable bonds is 8. The second-order valence-electron chi connectivity index (χ2n) is 9.82. The number of phosphoric ester groups is 1. The number of aliphatic hydroxyl groups is 1. The first-order chi connectivity index (χ1) is 17.0. The van der Waals surface area contributed by atoms with E-state index in [0.29, 0.717) is 0 Å². The highest BCUT2D eigenvalue weighted by Gasteiger charge is 2.64. The molecule has 2 aromatic heterocycles. The summed E-state index contributed by atoms with van der Waals surface area (Å²) in [5, 5.41) is 12.4. The number of sulfonamides is 1. The van der Waals surface area contributed by atoms with Crippen molar-refractivity contribution in [3.05, 3.63) is 12.7 Å². The minimum absolute atomic E-state index is 0.0357. The number of aromatic nitrogens is 4. The second kappa shape index (κ2) is 9.81. The number of hydrogen-bond donors (Lipinski definition) is 2. The molecule has 0 aliphatic carbocycles. The van der Waals surface area contributed by atoms with Crippen molar-refractivity contribution in [3.8, 4) is 0 Å². The van der Waals surface area contributed by atoms with Crippen molar-refractivity contribution in [2.24, 2.45) is 5.41 Å². The molecule has 37 heavy (non-hydrogen) atoms. The summed E-state index contributed by atoms with van der Waals surface area (Å²) in [6, 6.07) is 0. The van der Waals surface area contributed by atoms with Crippen molar-refractivity contribution >= 4 is 51.7 Å². The van der Waals surface area contributed by atoms with Crippen LogP contribution in [0.4, 0.5) is 5.82 Å². The molecule has 0 radical (unpaired) electrons. The van der Waals surface area contributed by atoms with Gasteiger partial charge in [-0.2, -0.15) is 0 Å². The third kappa shape index (κ3) is 5.84. The highest BCUT2D eigenvalue weighted by Crippen LogP contribution is 2.63. The molecule has 5 atom stereocenters. The van der Waals surface area contributed by atoms with Crippen LogP contribution >= 0.6 is 19.6 Å². The SMILES string of the molecule is CN(NS(C)(=O)=O)c1ncnc2c1ncn2[C@@H]1O[C@@H]2OP(=O)(OCCSC(=O)C(C)(C)C)O[C@H]2[C@@]1(C)O. The van der Waals surface area contributed by atoms with E-state index in [4.69, 9.17) is 18.3 Å². The predicted octanol–water partition coefficient (Wildman–Crippen LogP) is 1.18. The average molecular weight is 581 g/mol. The molecule has 2 saturated heterocycles. The Labute approximate surface area is 217 Å². The van der Waals surface area contributed by atoms with E-state index in [9.17, 15) is 22.9 Å². The molecular weight excluding hydrogens is 551 g/mol. The van der Waals surface area contributed by atoms with E-state index >= 15 is 0 Å². The van der Waals surface area contributed by atoms with Crippen LogP contribution in [-0.4, -0.2) is 81.8 Å². The third-order valence-corrected chi connectivity index (χ3v) is 8.75. The zero-order valence-electron chi connectivity index (χ0n) is 21.0. The van der Waals surface area contributed by atoms with Crippen LogP contribution in [0.5, 0.6) is 0 Å². The monoisotopic (exact) mass is 580 g/mol. The van der Waals surface area contributed by atoms with Gasteiger partial charge in [0.25, 0.3) is 0 Å². The molecule has 2 aromatic rings. The van der Waals surface area contributed by atoms with Gasteiger partial charge in [-0.1, -0.05) is 32.5 Å². The Morgan fingerprint density at radius 3 is 2.68 bits per heavy atom. The molecule has 0 bridgehead atoms. The van der Waals surface area contributed by atoms with Gasteiger partial charge in [0.15, 0.2) is 34.4 Å². The Kier molecular flexibility index (Phi) is 7.51. The summed E-state index contributed by atoms with van der Waals surface area (Å²) in [7, 11) is -6.18. The smallest absolute Gasteiger partial charge is 0.382 e. The number of imidazole rings is 1. The first kappa shape index (κ1) is 28.3. The molecule has 2 aliphatic heterocycles. The highest BCUT2D eigenvalue weighted by atomic mass is 32.2. The van der Waals surface area contributed by atoms with E-state index in [1.165, 1.54) is 36.2 Å². The van der Waals surface area contributed by atoms with Gasteiger partial charge in [0.05, 0.1) is 19.2 Å². The van der Waals surface area contributed by atoms with Gasteiger partial charge in [-0.05, 0) is 6.92 Å². The van der Waals surface area contributed by atoms with Gasteiger partial charge in [-0.25, -0.2) is 27.9 Å². The summed E-state index contributed by atoms with van der Waals surface area (Å²) in [5.74, 6) is 0.411. The molecular formula is C19H29N6O9PS2. The second-order valence-corrected chi connectivity index (χ2v) is 14.2. The Morgan fingerprint density at radius 2 is 2.05 bits per heavy atom. The number of anilines is 1. The number of hydrazine groups is 1. The average Bonchev–Trinajstić information content (AvgIpc) is 3.40. The van der Waals surface area contributed by atoms with Crippen LogP contribution in [0.2, 0.25) is 0 Å². The van der Waals surface area contributed by atoms with Gasteiger partial charge in [0.1, 0.15) is 11.9 Å². The summed E-state index contributed by atoms with van der Waals surface area (Å²) >= 11 is 1.05. The van der Waals surface area contributed by atoms with Gasteiger partial charge in [0.2, 0.25) is 16.3 Å². The molecule has 206 valence electrons. The maximum absolute atomic E-state index is 12.9. The third-order valence-electron chi connectivity index (χ3n) is 5.45. The van der Waals surface area contributed by atoms with E-state index in [2.05, 4.69) is 19.8 Å². The summed E-state index contributed by atoms with van der Waals surface area (Å²) in [5.41, 5.74) is -1.81. The molecule has 4 rings (SSSR count). The minimum atomic E-state index is -4.05. The zero-order chi connectivity index (χ0) is 27.4. The van der Waals surface area contributed by atoms with Crippen molar-refractivity contribution in [2.45, 2.75) is 51.9 Å². The molecule has 0 spiro atoms. The van der Waals surface area contributed by atoms with Crippen LogP contribution in [0.15, 0.2) is 12.7 Å². The standard InChI is InChI=1S/C19H29N6O9PS2/c1-18(2,3)17(26)36-8-7-31-35(28)33-12-15(34-35)32-16(19(12,4)27)25-10-22-11-13(20-9-21-14(11)25)24(5)23-37(6,29)30/h9-10,12,15-16,23,27H,7-8H2,1-6H3/t12-,15-,16-,19-,35?/m1/s1. The lowest BCUT2D eigenvalue weighted by molar-refractivity contribution is -0.126.